The summed E-state index contributed by atoms with van der Waals surface area (Å²) in [5, 5.41) is 12.5. The van der Waals surface area contributed by atoms with Crippen molar-refractivity contribution in [1.82, 2.24) is 5.32 Å². The number of hydrogen-bond acceptors (Lipinski definition) is 5. The van der Waals surface area contributed by atoms with E-state index in [0.717, 1.165) is 99.3 Å². The Morgan fingerprint density at radius 3 is 1.95 bits per heavy atom. The van der Waals surface area contributed by atoms with Crippen LogP contribution in [0.4, 0.5) is 0 Å². The molecule has 0 radical (unpaired) electrons. The van der Waals surface area contributed by atoms with Crippen molar-refractivity contribution in [3.8, 4) is 22.3 Å². The van der Waals surface area contributed by atoms with Gasteiger partial charge in [-0.15, -0.1) is 0 Å². The highest BCUT2D eigenvalue weighted by Gasteiger charge is 2.24. The molecule has 5 nitrogen and oxygen atoms in total. The first-order chi connectivity index (χ1) is 28.7. The minimum Gasteiger partial charge on any atom is -0.456 e. The third-order valence-corrected chi connectivity index (χ3v) is 11.5. The van der Waals surface area contributed by atoms with Crippen molar-refractivity contribution in [2.75, 3.05) is 0 Å². The molecular formula is C53H33N3O2. The van der Waals surface area contributed by atoms with Gasteiger partial charge in [0, 0.05) is 38.1 Å². The molecule has 0 fully saturated rings. The number of hydrogen-bond donors (Lipinski definition) is 1. The predicted molar refractivity (Wildman–Crippen MR) is 239 cm³/mol. The Kier molecular flexibility index (Phi) is 7.23. The van der Waals surface area contributed by atoms with Gasteiger partial charge in [-0.25, -0.2) is 9.98 Å². The van der Waals surface area contributed by atoms with Crippen molar-refractivity contribution in [2.24, 2.45) is 9.98 Å². The summed E-state index contributed by atoms with van der Waals surface area (Å²) in [5.74, 6) is 1.41. The predicted octanol–water partition coefficient (Wildman–Crippen LogP) is 13.6. The Hall–Kier alpha value is -7.76. The van der Waals surface area contributed by atoms with Gasteiger partial charge in [0.15, 0.2) is 5.84 Å². The fourth-order valence-electron chi connectivity index (χ4n) is 8.69. The third-order valence-electron chi connectivity index (χ3n) is 11.5. The molecule has 0 bridgehead atoms. The Bertz CT molecular complexity index is 3480. The summed E-state index contributed by atoms with van der Waals surface area (Å²) in [7, 11) is 0. The van der Waals surface area contributed by atoms with E-state index in [9.17, 15) is 0 Å². The van der Waals surface area contributed by atoms with Crippen LogP contribution in [0, 0.1) is 0 Å². The Labute approximate surface area is 333 Å². The number of nitrogens with one attached hydrogen (secondary N) is 1. The molecule has 0 aliphatic carbocycles. The molecule has 0 saturated carbocycles. The van der Waals surface area contributed by atoms with E-state index in [1.54, 1.807) is 0 Å². The molecule has 0 spiro atoms. The quantitative estimate of drug-likeness (QED) is 0.191. The molecule has 1 aliphatic rings. The van der Waals surface area contributed by atoms with Gasteiger partial charge in [0.1, 0.15) is 34.3 Å². The van der Waals surface area contributed by atoms with E-state index in [-0.39, 0.29) is 6.17 Å². The van der Waals surface area contributed by atoms with Crippen LogP contribution >= 0.6 is 0 Å². The third kappa shape index (κ3) is 5.25. The van der Waals surface area contributed by atoms with Crippen molar-refractivity contribution in [1.29, 1.82) is 0 Å². The maximum Gasteiger partial charge on any atom is 0.160 e. The highest BCUT2D eigenvalue weighted by atomic mass is 16.3. The second-order valence-corrected chi connectivity index (χ2v) is 14.9. The van der Waals surface area contributed by atoms with Crippen molar-refractivity contribution in [3.63, 3.8) is 0 Å². The zero-order chi connectivity index (χ0) is 38.2. The largest absolute Gasteiger partial charge is 0.456 e. The van der Waals surface area contributed by atoms with Crippen LogP contribution in [0.3, 0.4) is 0 Å². The van der Waals surface area contributed by atoms with Gasteiger partial charge < -0.3 is 14.2 Å². The van der Waals surface area contributed by atoms with Gasteiger partial charge in [0.05, 0.1) is 0 Å². The molecule has 58 heavy (non-hydrogen) atoms. The number of furan rings is 2. The van der Waals surface area contributed by atoms with Crippen LogP contribution < -0.4 is 5.32 Å². The Morgan fingerprint density at radius 2 is 1.09 bits per heavy atom. The zero-order valence-corrected chi connectivity index (χ0v) is 31.2. The first-order valence-corrected chi connectivity index (χ1v) is 19.6. The normalized spacial score (nSPS) is 14.4. The molecular weight excluding hydrogens is 711 g/mol. The lowest BCUT2D eigenvalue weighted by molar-refractivity contribution is 0.668. The SMILES string of the molecule is c1ccc(-c2ccc(C3N=C(c4cccc5oc6ccc(-c7cccc8oc9c%10ccccc%10ccc9c78)cc6c45)N=C(c4ccc5ccccc5c4)N3)cc2)cc1. The summed E-state index contributed by atoms with van der Waals surface area (Å²) in [6, 6.07) is 65.7. The van der Waals surface area contributed by atoms with Gasteiger partial charge >= 0.3 is 0 Å². The molecule has 1 N–H and O–H groups in total. The van der Waals surface area contributed by atoms with E-state index < -0.39 is 0 Å². The molecule has 2 aromatic heterocycles. The van der Waals surface area contributed by atoms with Crippen LogP contribution in [0.25, 0.3) is 87.7 Å². The first kappa shape index (κ1) is 32.5. The van der Waals surface area contributed by atoms with E-state index >= 15 is 0 Å². The Morgan fingerprint density at radius 1 is 0.414 bits per heavy atom. The topological polar surface area (TPSA) is 63.0 Å². The van der Waals surface area contributed by atoms with E-state index in [1.807, 2.05) is 18.2 Å². The number of amidine groups is 2. The second-order valence-electron chi connectivity index (χ2n) is 14.9. The lowest BCUT2D eigenvalue weighted by Crippen LogP contribution is -2.33. The lowest BCUT2D eigenvalue weighted by atomic mass is 9.96. The van der Waals surface area contributed by atoms with Gasteiger partial charge in [-0.1, -0.05) is 152 Å². The molecule has 1 atom stereocenters. The molecule has 11 aromatic rings. The summed E-state index contributed by atoms with van der Waals surface area (Å²) in [6.45, 7) is 0. The summed E-state index contributed by atoms with van der Waals surface area (Å²) in [6.07, 6.45) is -0.370. The summed E-state index contributed by atoms with van der Waals surface area (Å²) >= 11 is 0. The average Bonchev–Trinajstić information content (AvgIpc) is 3.88. The molecule has 3 heterocycles. The summed E-state index contributed by atoms with van der Waals surface area (Å²) < 4.78 is 13.1. The molecule has 9 aromatic carbocycles. The van der Waals surface area contributed by atoms with E-state index in [1.165, 1.54) is 10.9 Å². The van der Waals surface area contributed by atoms with Crippen LogP contribution in [-0.2, 0) is 0 Å². The number of benzene rings is 9. The lowest BCUT2D eigenvalue weighted by Gasteiger charge is -2.24. The van der Waals surface area contributed by atoms with Crippen molar-refractivity contribution >= 4 is 77.1 Å². The molecule has 1 aliphatic heterocycles. The van der Waals surface area contributed by atoms with Gasteiger partial charge in [-0.3, -0.25) is 0 Å². The fourth-order valence-corrected chi connectivity index (χ4v) is 8.69. The van der Waals surface area contributed by atoms with Gasteiger partial charge in [0.2, 0.25) is 0 Å². The van der Waals surface area contributed by atoms with Crippen LogP contribution in [0.5, 0.6) is 0 Å². The number of aliphatic imine (C=N–C) groups is 2. The molecule has 1 unspecified atom stereocenters. The number of rotatable bonds is 5. The minimum absolute atomic E-state index is 0.370. The standard InChI is InChI=1S/C53H33N3O2/c1-2-10-32(11-3-1)34-20-23-36(24-21-34)51-54-52(39-25-22-33-12-4-5-14-37(33)30-39)56-53(55-51)43-17-9-18-46-49(43)44-31-38(27-29-45(44)57-46)40-16-8-19-47-48(40)42-28-26-35-13-6-7-15-41(35)50(42)58-47/h1-31,51H,(H,54,55,56). The van der Waals surface area contributed by atoms with Crippen molar-refractivity contribution in [2.45, 2.75) is 6.17 Å². The zero-order valence-electron chi connectivity index (χ0n) is 31.2. The van der Waals surface area contributed by atoms with E-state index in [0.29, 0.717) is 5.84 Å². The molecule has 5 heteroatoms. The van der Waals surface area contributed by atoms with Crippen LogP contribution in [-0.4, -0.2) is 11.7 Å². The first-order valence-electron chi connectivity index (χ1n) is 19.6. The summed E-state index contributed by atoms with van der Waals surface area (Å²) in [5.41, 5.74) is 10.8. The Balaban J connectivity index is 1.03. The van der Waals surface area contributed by atoms with Gasteiger partial charge in [-0.2, -0.15) is 0 Å². The van der Waals surface area contributed by atoms with Crippen LogP contribution in [0.1, 0.15) is 22.9 Å². The van der Waals surface area contributed by atoms with Gasteiger partial charge in [-0.05, 0) is 80.4 Å². The number of fused-ring (bicyclic) bond motifs is 9. The smallest absolute Gasteiger partial charge is 0.160 e. The molecule has 272 valence electrons. The molecule has 12 rings (SSSR count). The molecule has 0 amide bonds. The minimum atomic E-state index is -0.370. The van der Waals surface area contributed by atoms with Crippen molar-refractivity contribution in [3.05, 3.63) is 205 Å². The fraction of sp³-hybridized carbons (Fsp3) is 0.0189. The average molecular weight is 744 g/mol. The monoisotopic (exact) mass is 743 g/mol. The van der Waals surface area contributed by atoms with E-state index in [2.05, 4.69) is 175 Å². The maximum absolute atomic E-state index is 6.56. The second kappa shape index (κ2) is 12.9. The maximum atomic E-state index is 6.56. The highest BCUT2D eigenvalue weighted by Crippen LogP contribution is 2.42. The van der Waals surface area contributed by atoms with E-state index in [4.69, 9.17) is 18.8 Å². The number of nitrogens with zero attached hydrogens (tertiary/aromatic N) is 2. The highest BCUT2D eigenvalue weighted by molar-refractivity contribution is 6.23. The van der Waals surface area contributed by atoms with Crippen LogP contribution in [0.15, 0.2) is 207 Å². The van der Waals surface area contributed by atoms with Crippen molar-refractivity contribution < 1.29 is 8.83 Å². The van der Waals surface area contributed by atoms with Gasteiger partial charge in [0.25, 0.3) is 0 Å². The van der Waals surface area contributed by atoms with Crippen LogP contribution in [0.2, 0.25) is 0 Å². The molecule has 0 saturated heterocycles. The summed E-state index contributed by atoms with van der Waals surface area (Å²) in [4.78, 5) is 10.6.